The molecule has 0 amide bonds. The standard InChI is InChI=1S/C66H40N2/c1-3-19-45(20-4-1)67(63-29-11-17-41-15-7-9-23-49(41)63)47-32-31-43-36-57-56(37-44(43)35-47)52-25-13-28-55-59-39-61-51-34-33-48(38-58(51)53-26-14-27-54(65(53)61)60(59)40-62(57)66(52)55)68(46-21-5-2-6-22-46)64-30-12-18-42-16-8-10-24-50(42)64/h1-40H. The Hall–Kier alpha value is -8.98. The molecule has 0 heterocycles. The zero-order valence-electron chi connectivity index (χ0n) is 37.0. The van der Waals surface area contributed by atoms with Gasteiger partial charge in [0.2, 0.25) is 0 Å². The van der Waals surface area contributed by atoms with E-state index >= 15 is 0 Å². The number of rotatable bonds is 6. The van der Waals surface area contributed by atoms with Gasteiger partial charge in [0.05, 0.1) is 11.4 Å². The van der Waals surface area contributed by atoms with Crippen molar-refractivity contribution in [2.45, 2.75) is 0 Å². The first kappa shape index (κ1) is 37.3. The van der Waals surface area contributed by atoms with E-state index in [0.717, 1.165) is 22.7 Å². The van der Waals surface area contributed by atoms with E-state index in [-0.39, 0.29) is 0 Å². The molecule has 0 aliphatic heterocycles. The van der Waals surface area contributed by atoms with Crippen LogP contribution in [0.15, 0.2) is 243 Å². The van der Waals surface area contributed by atoms with E-state index in [1.54, 1.807) is 0 Å². The van der Waals surface area contributed by atoms with Gasteiger partial charge >= 0.3 is 0 Å². The lowest BCUT2D eigenvalue weighted by atomic mass is 9.93. The van der Waals surface area contributed by atoms with Crippen molar-refractivity contribution >= 4 is 142 Å². The largest absolute Gasteiger partial charge is 0.310 e. The van der Waals surface area contributed by atoms with Crippen molar-refractivity contribution in [1.29, 1.82) is 0 Å². The summed E-state index contributed by atoms with van der Waals surface area (Å²) in [6.07, 6.45) is 0. The number of anilines is 6. The maximum absolute atomic E-state index is 2.50. The lowest BCUT2D eigenvalue weighted by Crippen LogP contribution is -2.10. The second-order valence-electron chi connectivity index (χ2n) is 18.4. The van der Waals surface area contributed by atoms with Crippen LogP contribution in [-0.4, -0.2) is 0 Å². The van der Waals surface area contributed by atoms with Gasteiger partial charge in [-0.05, 0) is 182 Å². The molecule has 2 heteroatoms. The molecule has 0 aliphatic rings. The lowest BCUT2D eigenvalue weighted by Gasteiger charge is -2.27. The normalized spacial score (nSPS) is 12.1. The van der Waals surface area contributed by atoms with E-state index in [0.29, 0.717) is 0 Å². The van der Waals surface area contributed by atoms with Crippen LogP contribution in [0, 0.1) is 0 Å². The molecule has 0 atom stereocenters. The summed E-state index contributed by atoms with van der Waals surface area (Å²) < 4.78 is 0. The first-order chi connectivity index (χ1) is 33.7. The van der Waals surface area contributed by atoms with Gasteiger partial charge in [0, 0.05) is 33.5 Å². The third kappa shape index (κ3) is 5.34. The van der Waals surface area contributed by atoms with Crippen molar-refractivity contribution in [2.24, 2.45) is 0 Å². The van der Waals surface area contributed by atoms with Gasteiger partial charge in [0.1, 0.15) is 0 Å². The summed E-state index contributed by atoms with van der Waals surface area (Å²) in [5.74, 6) is 0. The Morgan fingerprint density at radius 1 is 0.176 bits per heavy atom. The maximum Gasteiger partial charge on any atom is 0.0540 e. The molecule has 0 radical (unpaired) electrons. The predicted molar refractivity (Wildman–Crippen MR) is 293 cm³/mol. The maximum atomic E-state index is 2.50. The van der Waals surface area contributed by atoms with Crippen molar-refractivity contribution in [3.05, 3.63) is 243 Å². The van der Waals surface area contributed by atoms with Crippen LogP contribution >= 0.6 is 0 Å². The highest BCUT2D eigenvalue weighted by molar-refractivity contribution is 6.41. The van der Waals surface area contributed by atoms with Crippen molar-refractivity contribution in [3.63, 3.8) is 0 Å². The molecule has 0 N–H and O–H groups in total. The molecule has 314 valence electrons. The number of para-hydroxylation sites is 2. The molecule has 68 heavy (non-hydrogen) atoms. The molecular weight excluding hydrogens is 821 g/mol. The Bertz CT molecular complexity index is 4490. The molecule has 2 nitrogen and oxygen atoms in total. The van der Waals surface area contributed by atoms with Crippen molar-refractivity contribution < 1.29 is 0 Å². The highest BCUT2D eigenvalue weighted by Gasteiger charge is 2.23. The van der Waals surface area contributed by atoms with Crippen LogP contribution in [0.4, 0.5) is 34.1 Å². The van der Waals surface area contributed by atoms with Crippen LogP contribution in [0.2, 0.25) is 0 Å². The van der Waals surface area contributed by atoms with Crippen molar-refractivity contribution in [1.82, 2.24) is 0 Å². The molecule has 0 aromatic heterocycles. The Morgan fingerprint density at radius 3 is 1.15 bits per heavy atom. The fourth-order valence-electron chi connectivity index (χ4n) is 11.9. The van der Waals surface area contributed by atoms with Gasteiger partial charge in [-0.3, -0.25) is 0 Å². The van der Waals surface area contributed by atoms with Crippen LogP contribution in [0.5, 0.6) is 0 Å². The minimum Gasteiger partial charge on any atom is -0.310 e. The van der Waals surface area contributed by atoms with E-state index in [1.165, 1.54) is 119 Å². The number of fused-ring (bicyclic) bond motifs is 12. The monoisotopic (exact) mass is 860 g/mol. The second-order valence-corrected chi connectivity index (χ2v) is 18.4. The lowest BCUT2D eigenvalue weighted by molar-refractivity contribution is 1.30. The zero-order chi connectivity index (χ0) is 44.5. The summed E-state index contributed by atoms with van der Waals surface area (Å²) >= 11 is 0. The second kappa shape index (κ2) is 14.3. The van der Waals surface area contributed by atoms with Gasteiger partial charge < -0.3 is 9.80 Å². The van der Waals surface area contributed by atoms with Crippen LogP contribution in [0.25, 0.3) is 108 Å². The Labute approximate surface area is 392 Å². The molecule has 15 aromatic carbocycles. The number of benzene rings is 13. The summed E-state index contributed by atoms with van der Waals surface area (Å²) in [7, 11) is 0. The third-order valence-electron chi connectivity index (χ3n) is 14.8. The fraction of sp³-hybridized carbons (Fsp3) is 0. The topological polar surface area (TPSA) is 6.48 Å². The van der Waals surface area contributed by atoms with Crippen molar-refractivity contribution in [3.8, 4) is 0 Å². The highest BCUT2D eigenvalue weighted by Crippen LogP contribution is 2.50. The van der Waals surface area contributed by atoms with Gasteiger partial charge in [-0.2, -0.15) is 0 Å². The quantitative estimate of drug-likeness (QED) is 0.154. The smallest absolute Gasteiger partial charge is 0.0540 e. The van der Waals surface area contributed by atoms with E-state index in [1.807, 2.05) is 0 Å². The average Bonchev–Trinajstić information content (AvgIpc) is 3.89. The summed E-state index contributed by atoms with van der Waals surface area (Å²) in [6.45, 7) is 0. The molecule has 0 unspecified atom stereocenters. The van der Waals surface area contributed by atoms with E-state index in [2.05, 4.69) is 252 Å². The minimum absolute atomic E-state index is 1.13. The van der Waals surface area contributed by atoms with E-state index in [9.17, 15) is 0 Å². The van der Waals surface area contributed by atoms with Crippen LogP contribution < -0.4 is 9.80 Å². The van der Waals surface area contributed by atoms with Gasteiger partial charge in [-0.15, -0.1) is 0 Å². The summed E-state index contributed by atoms with van der Waals surface area (Å²) in [4.78, 5) is 4.82. The summed E-state index contributed by atoms with van der Waals surface area (Å²) in [5, 5.41) is 25.7. The molecule has 0 fully saturated rings. The van der Waals surface area contributed by atoms with E-state index in [4.69, 9.17) is 0 Å². The minimum atomic E-state index is 1.13. The van der Waals surface area contributed by atoms with E-state index < -0.39 is 0 Å². The van der Waals surface area contributed by atoms with Gasteiger partial charge in [0.15, 0.2) is 0 Å². The molecule has 0 saturated carbocycles. The predicted octanol–water partition coefficient (Wildman–Crippen LogP) is 19.0. The molecule has 0 bridgehead atoms. The Morgan fingerprint density at radius 2 is 0.574 bits per heavy atom. The molecule has 15 rings (SSSR count). The van der Waals surface area contributed by atoms with Gasteiger partial charge in [0.25, 0.3) is 0 Å². The Balaban J connectivity index is 0.931. The number of nitrogens with zero attached hydrogens (tertiary/aromatic N) is 2. The molecular formula is C66H40N2. The summed E-state index contributed by atoms with van der Waals surface area (Å²) in [6, 6.07) is 90.0. The van der Waals surface area contributed by atoms with Crippen LogP contribution in [-0.2, 0) is 0 Å². The first-order valence-corrected chi connectivity index (χ1v) is 23.6. The molecule has 0 aliphatic carbocycles. The zero-order valence-corrected chi connectivity index (χ0v) is 37.0. The fourth-order valence-corrected chi connectivity index (χ4v) is 11.9. The molecule has 0 saturated heterocycles. The SMILES string of the molecule is c1ccc(N(c2ccc3cc4c(cc3c2)c2cccc3c5cc6c7ccc(N(c8ccccc8)c8cccc9ccccc89)cc7c7cccc(c5cc4c23)c76)c2cccc3ccccc23)cc1. The first-order valence-electron chi connectivity index (χ1n) is 23.6. The summed E-state index contributed by atoms with van der Waals surface area (Å²) in [5.41, 5.74) is 6.88. The average molecular weight is 861 g/mol. The third-order valence-corrected chi connectivity index (χ3v) is 14.8. The molecule has 0 spiro atoms. The van der Waals surface area contributed by atoms with Crippen LogP contribution in [0.3, 0.4) is 0 Å². The number of hydrogen-bond donors (Lipinski definition) is 0. The van der Waals surface area contributed by atoms with Gasteiger partial charge in [-0.25, -0.2) is 0 Å². The Kier molecular flexibility index (Phi) is 7.81. The van der Waals surface area contributed by atoms with Crippen molar-refractivity contribution in [2.75, 3.05) is 9.80 Å². The highest BCUT2D eigenvalue weighted by atomic mass is 15.1. The number of hydrogen-bond acceptors (Lipinski definition) is 2. The van der Waals surface area contributed by atoms with Gasteiger partial charge in [-0.1, -0.05) is 158 Å². The molecule has 15 aromatic rings. The van der Waals surface area contributed by atoms with Crippen LogP contribution in [0.1, 0.15) is 0 Å².